The zero-order chi connectivity index (χ0) is 17.3. The molecular weight excluding hydrogens is 308 g/mol. The lowest BCUT2D eigenvalue weighted by Gasteiger charge is -2.43. The van der Waals surface area contributed by atoms with Crippen LogP contribution in [-0.2, 0) is 9.59 Å². The van der Waals surface area contributed by atoms with E-state index < -0.39 is 0 Å². The predicted octanol–water partition coefficient (Wildman–Crippen LogP) is 1.85. The molecule has 24 heavy (non-hydrogen) atoms. The molecule has 1 aromatic rings. The second kappa shape index (κ2) is 6.71. The highest BCUT2D eigenvalue weighted by atomic mass is 16.5. The van der Waals surface area contributed by atoms with Crippen molar-refractivity contribution in [2.24, 2.45) is 5.92 Å². The summed E-state index contributed by atoms with van der Waals surface area (Å²) < 4.78 is 11.7. The van der Waals surface area contributed by atoms with Gasteiger partial charge in [-0.3, -0.25) is 9.59 Å². The summed E-state index contributed by atoms with van der Waals surface area (Å²) in [5.74, 6) is 1.53. The van der Waals surface area contributed by atoms with Gasteiger partial charge in [0.1, 0.15) is 0 Å². The Morgan fingerprint density at radius 1 is 1.42 bits per heavy atom. The zero-order valence-electron chi connectivity index (χ0n) is 14.4. The van der Waals surface area contributed by atoms with Crippen molar-refractivity contribution in [2.45, 2.75) is 26.3 Å². The van der Waals surface area contributed by atoms with Gasteiger partial charge in [-0.15, -0.1) is 0 Å². The van der Waals surface area contributed by atoms with Gasteiger partial charge in [-0.05, 0) is 13.0 Å². The van der Waals surface area contributed by atoms with Gasteiger partial charge in [0.15, 0.2) is 11.5 Å². The SMILES string of the molecule is CCOc1cccc2c1OC[C@@H]1CN(C)C(=O)CCN(C(C)=O)[C@H]21. The smallest absolute Gasteiger partial charge is 0.224 e. The third-order valence-corrected chi connectivity index (χ3v) is 4.76. The van der Waals surface area contributed by atoms with Crippen LogP contribution in [0, 0.1) is 5.92 Å². The zero-order valence-corrected chi connectivity index (χ0v) is 14.4. The Morgan fingerprint density at radius 2 is 2.21 bits per heavy atom. The topological polar surface area (TPSA) is 59.1 Å². The van der Waals surface area contributed by atoms with Crippen molar-refractivity contribution >= 4 is 11.8 Å². The highest BCUT2D eigenvalue weighted by Crippen LogP contribution is 2.45. The van der Waals surface area contributed by atoms with E-state index >= 15 is 0 Å². The lowest BCUT2D eigenvalue weighted by atomic mass is 9.87. The first-order valence-corrected chi connectivity index (χ1v) is 8.42. The molecule has 130 valence electrons. The first kappa shape index (κ1) is 16.6. The van der Waals surface area contributed by atoms with E-state index in [2.05, 4.69) is 0 Å². The minimum Gasteiger partial charge on any atom is -0.490 e. The van der Waals surface area contributed by atoms with Gasteiger partial charge in [-0.1, -0.05) is 12.1 Å². The van der Waals surface area contributed by atoms with Gasteiger partial charge in [0.25, 0.3) is 0 Å². The molecule has 0 spiro atoms. The van der Waals surface area contributed by atoms with E-state index in [1.807, 2.05) is 37.1 Å². The Labute approximate surface area is 142 Å². The normalized spacial score (nSPS) is 23.5. The van der Waals surface area contributed by atoms with E-state index in [9.17, 15) is 9.59 Å². The molecule has 0 aliphatic carbocycles. The number of amides is 2. The van der Waals surface area contributed by atoms with Crippen molar-refractivity contribution in [1.82, 2.24) is 9.80 Å². The van der Waals surface area contributed by atoms with E-state index in [4.69, 9.17) is 9.47 Å². The fraction of sp³-hybridized carbons (Fsp3) is 0.556. The Balaban J connectivity index is 2.04. The minimum atomic E-state index is -0.0952. The summed E-state index contributed by atoms with van der Waals surface area (Å²) in [7, 11) is 1.81. The number of nitrogens with zero attached hydrogens (tertiary/aromatic N) is 2. The third kappa shape index (κ3) is 2.92. The molecule has 0 bridgehead atoms. The molecule has 0 N–H and O–H groups in total. The van der Waals surface area contributed by atoms with Gasteiger partial charge >= 0.3 is 0 Å². The Morgan fingerprint density at radius 3 is 2.92 bits per heavy atom. The van der Waals surface area contributed by atoms with Crippen LogP contribution in [0.25, 0.3) is 0 Å². The van der Waals surface area contributed by atoms with Gasteiger partial charge in [0.05, 0.1) is 19.3 Å². The first-order valence-electron chi connectivity index (χ1n) is 8.42. The number of ether oxygens (including phenoxy) is 2. The highest BCUT2D eigenvalue weighted by molar-refractivity contribution is 5.79. The van der Waals surface area contributed by atoms with Gasteiger partial charge in [0, 0.05) is 45.0 Å². The van der Waals surface area contributed by atoms with Crippen molar-refractivity contribution in [1.29, 1.82) is 0 Å². The predicted molar refractivity (Wildman–Crippen MR) is 89.0 cm³/mol. The molecule has 1 aromatic carbocycles. The third-order valence-electron chi connectivity index (χ3n) is 4.76. The van der Waals surface area contributed by atoms with Crippen molar-refractivity contribution < 1.29 is 19.1 Å². The summed E-state index contributed by atoms with van der Waals surface area (Å²) in [6, 6.07) is 5.72. The molecule has 1 saturated heterocycles. The monoisotopic (exact) mass is 332 g/mol. The molecule has 6 nitrogen and oxygen atoms in total. The van der Waals surface area contributed by atoms with Gasteiger partial charge in [-0.25, -0.2) is 0 Å². The lowest BCUT2D eigenvalue weighted by Crippen LogP contribution is -2.49. The van der Waals surface area contributed by atoms with Crippen LogP contribution in [0.5, 0.6) is 11.5 Å². The molecular formula is C18H24N2O4. The van der Waals surface area contributed by atoms with Gasteiger partial charge < -0.3 is 19.3 Å². The number of para-hydroxylation sites is 1. The molecule has 2 aliphatic heterocycles. The Kier molecular flexibility index (Phi) is 4.64. The van der Waals surface area contributed by atoms with Crippen LogP contribution in [0.15, 0.2) is 18.2 Å². The summed E-state index contributed by atoms with van der Waals surface area (Å²) in [6.07, 6.45) is 0.348. The number of carbonyl (C=O) groups is 2. The maximum atomic E-state index is 12.3. The molecule has 2 atom stereocenters. The number of carbonyl (C=O) groups excluding carboxylic acids is 2. The van der Waals surface area contributed by atoms with Crippen molar-refractivity contribution in [3.05, 3.63) is 23.8 Å². The highest BCUT2D eigenvalue weighted by Gasteiger charge is 2.40. The standard InChI is InChI=1S/C18H24N2O4/c1-4-23-15-7-5-6-14-17-13(11-24-18(14)15)10-19(3)16(22)8-9-20(17)12(2)21/h5-7,13,17H,4,8-11H2,1-3H3/t13-,17-/m0/s1. The molecule has 0 radical (unpaired) electrons. The van der Waals surface area contributed by atoms with E-state index in [1.165, 1.54) is 0 Å². The average Bonchev–Trinajstić information content (AvgIpc) is 2.55. The largest absolute Gasteiger partial charge is 0.490 e. The minimum absolute atomic E-state index is 0.0167. The summed E-state index contributed by atoms with van der Waals surface area (Å²) in [5, 5.41) is 0. The summed E-state index contributed by atoms with van der Waals surface area (Å²) in [5.41, 5.74) is 0.968. The summed E-state index contributed by atoms with van der Waals surface area (Å²) >= 11 is 0. The molecule has 2 aliphatic rings. The van der Waals surface area contributed by atoms with Crippen LogP contribution in [0.2, 0.25) is 0 Å². The van der Waals surface area contributed by atoms with E-state index in [-0.39, 0.29) is 23.8 Å². The average molecular weight is 332 g/mol. The Hall–Kier alpha value is -2.24. The van der Waals surface area contributed by atoms with E-state index in [0.717, 1.165) is 11.3 Å². The lowest BCUT2D eigenvalue weighted by molar-refractivity contribution is -0.140. The maximum Gasteiger partial charge on any atom is 0.224 e. The van der Waals surface area contributed by atoms with E-state index in [1.54, 1.807) is 11.8 Å². The quantitative estimate of drug-likeness (QED) is 0.829. The summed E-state index contributed by atoms with van der Waals surface area (Å²) in [6.45, 7) is 5.52. The Bertz CT molecular complexity index is 646. The molecule has 0 saturated carbocycles. The molecule has 6 heteroatoms. The van der Waals surface area contributed by atoms with Crippen LogP contribution in [0.4, 0.5) is 0 Å². The molecule has 3 rings (SSSR count). The molecule has 0 aromatic heterocycles. The summed E-state index contributed by atoms with van der Waals surface area (Å²) in [4.78, 5) is 27.9. The fourth-order valence-corrected chi connectivity index (χ4v) is 3.65. The van der Waals surface area contributed by atoms with Crippen LogP contribution in [0.1, 0.15) is 31.9 Å². The number of hydrogen-bond acceptors (Lipinski definition) is 4. The van der Waals surface area contributed by atoms with Gasteiger partial charge in [-0.2, -0.15) is 0 Å². The first-order chi connectivity index (χ1) is 11.5. The number of rotatable bonds is 2. The second-order valence-electron chi connectivity index (χ2n) is 6.36. The molecule has 0 unspecified atom stereocenters. The number of benzene rings is 1. The van der Waals surface area contributed by atoms with Crippen molar-refractivity contribution in [3.63, 3.8) is 0 Å². The van der Waals surface area contributed by atoms with Crippen LogP contribution in [-0.4, -0.2) is 55.0 Å². The van der Waals surface area contributed by atoms with Gasteiger partial charge in [0.2, 0.25) is 11.8 Å². The van der Waals surface area contributed by atoms with Crippen LogP contribution >= 0.6 is 0 Å². The van der Waals surface area contributed by atoms with Crippen molar-refractivity contribution in [3.8, 4) is 11.5 Å². The maximum absolute atomic E-state index is 12.3. The van der Waals surface area contributed by atoms with Crippen LogP contribution in [0.3, 0.4) is 0 Å². The fourth-order valence-electron chi connectivity index (χ4n) is 3.65. The number of hydrogen-bond donors (Lipinski definition) is 0. The molecule has 2 amide bonds. The molecule has 2 heterocycles. The van der Waals surface area contributed by atoms with E-state index in [0.29, 0.717) is 38.5 Å². The van der Waals surface area contributed by atoms with Crippen LogP contribution < -0.4 is 9.47 Å². The number of fused-ring (bicyclic) bond motifs is 3. The second-order valence-corrected chi connectivity index (χ2v) is 6.36. The van der Waals surface area contributed by atoms with Crippen molar-refractivity contribution in [2.75, 3.05) is 33.4 Å². The molecule has 1 fully saturated rings.